The summed E-state index contributed by atoms with van der Waals surface area (Å²) in [6, 6.07) is 61.6. The Bertz CT molecular complexity index is 2600. The minimum atomic E-state index is 0.0843. The zero-order chi connectivity index (χ0) is 34.5. The van der Waals surface area contributed by atoms with Crippen LogP contribution in [0.1, 0.15) is 43.2 Å². The average Bonchev–Trinajstić information content (AvgIpc) is 3.48. The third-order valence-corrected chi connectivity index (χ3v) is 11.5. The molecule has 1 fully saturated rings. The molecule has 0 bridgehead atoms. The zero-order valence-corrected chi connectivity index (χ0v) is 29.1. The van der Waals surface area contributed by atoms with Gasteiger partial charge in [0.25, 0.3) is 0 Å². The molecule has 0 aliphatic heterocycles. The Morgan fingerprint density at radius 2 is 0.923 bits per heavy atom. The standard InChI is InChI=1S/C50H38N2/c1-4-15-34(16-5-1)36-21-12-23-40(29-36)46-33-47(52-49(51-46)35-17-6-2-7-18-35)41-24-13-22-39(30-41)42-25-14-26-44-48(42)43-31-37-19-8-9-20-38(37)32-45(43)50(44)27-10-3-11-28-50/h1-2,4-9,12-26,29-33H,3,10-11,27-28H2. The molecule has 52 heavy (non-hydrogen) atoms. The van der Waals surface area contributed by atoms with E-state index in [2.05, 4.69) is 164 Å². The van der Waals surface area contributed by atoms with Crippen LogP contribution < -0.4 is 0 Å². The molecule has 0 saturated heterocycles. The molecule has 10 rings (SSSR count). The van der Waals surface area contributed by atoms with Gasteiger partial charge in [-0.1, -0.05) is 159 Å². The van der Waals surface area contributed by atoms with E-state index in [4.69, 9.17) is 9.97 Å². The van der Waals surface area contributed by atoms with Crippen LogP contribution in [0, 0.1) is 0 Å². The molecule has 1 spiro atoms. The lowest BCUT2D eigenvalue weighted by molar-refractivity contribution is 0.353. The maximum atomic E-state index is 5.21. The van der Waals surface area contributed by atoms with Gasteiger partial charge in [-0.3, -0.25) is 0 Å². The Morgan fingerprint density at radius 3 is 1.63 bits per heavy atom. The third kappa shape index (κ3) is 5.17. The zero-order valence-electron chi connectivity index (χ0n) is 29.1. The molecule has 0 atom stereocenters. The van der Waals surface area contributed by atoms with Crippen LogP contribution in [0.15, 0.2) is 170 Å². The van der Waals surface area contributed by atoms with Crippen molar-refractivity contribution in [3.63, 3.8) is 0 Å². The second-order valence-corrected chi connectivity index (χ2v) is 14.5. The summed E-state index contributed by atoms with van der Waals surface area (Å²) in [6.07, 6.45) is 6.31. The maximum Gasteiger partial charge on any atom is 0.160 e. The predicted molar refractivity (Wildman–Crippen MR) is 216 cm³/mol. The molecule has 1 aromatic heterocycles. The molecule has 0 amide bonds. The van der Waals surface area contributed by atoms with Gasteiger partial charge in [0.05, 0.1) is 11.4 Å². The molecule has 7 aromatic carbocycles. The quantitative estimate of drug-likeness (QED) is 0.183. The first-order valence-electron chi connectivity index (χ1n) is 18.6. The summed E-state index contributed by atoms with van der Waals surface area (Å²) < 4.78 is 0. The van der Waals surface area contributed by atoms with Crippen LogP contribution in [0.5, 0.6) is 0 Å². The Hall–Kier alpha value is -6.12. The Kier molecular flexibility index (Phi) is 7.42. The normalized spacial score (nSPS) is 14.3. The van der Waals surface area contributed by atoms with Crippen LogP contribution in [-0.4, -0.2) is 9.97 Å². The molecule has 0 N–H and O–H groups in total. The lowest BCUT2D eigenvalue weighted by Crippen LogP contribution is -2.28. The summed E-state index contributed by atoms with van der Waals surface area (Å²) in [7, 11) is 0. The molecule has 2 aliphatic carbocycles. The molecule has 2 nitrogen and oxygen atoms in total. The molecule has 8 aromatic rings. The molecular formula is C50H38N2. The van der Waals surface area contributed by atoms with E-state index in [9.17, 15) is 0 Å². The molecule has 2 heteroatoms. The summed E-state index contributed by atoms with van der Waals surface area (Å²) in [4.78, 5) is 10.4. The van der Waals surface area contributed by atoms with Gasteiger partial charge in [0, 0.05) is 22.1 Å². The molecule has 2 aliphatic rings. The molecule has 248 valence electrons. The van der Waals surface area contributed by atoms with Crippen LogP contribution in [-0.2, 0) is 5.41 Å². The highest BCUT2D eigenvalue weighted by Crippen LogP contribution is 2.58. The van der Waals surface area contributed by atoms with E-state index in [0.717, 1.165) is 33.9 Å². The highest BCUT2D eigenvalue weighted by molar-refractivity contribution is 5.99. The fourth-order valence-electron chi connectivity index (χ4n) is 8.96. The van der Waals surface area contributed by atoms with Crippen molar-refractivity contribution in [2.45, 2.75) is 37.5 Å². The monoisotopic (exact) mass is 666 g/mol. The number of nitrogens with zero attached hydrogens (tertiary/aromatic N) is 2. The fraction of sp³-hybridized carbons (Fsp3) is 0.120. The minimum Gasteiger partial charge on any atom is -0.228 e. The average molecular weight is 667 g/mol. The van der Waals surface area contributed by atoms with Crippen LogP contribution in [0.2, 0.25) is 0 Å². The van der Waals surface area contributed by atoms with Gasteiger partial charge in [-0.25, -0.2) is 9.97 Å². The van der Waals surface area contributed by atoms with Crippen molar-refractivity contribution in [1.82, 2.24) is 9.97 Å². The Morgan fingerprint density at radius 1 is 0.365 bits per heavy atom. The molecule has 0 unspecified atom stereocenters. The first-order chi connectivity index (χ1) is 25.7. The predicted octanol–water partition coefficient (Wildman–Crippen LogP) is 13.2. The lowest BCUT2D eigenvalue weighted by atomic mass is 9.67. The van der Waals surface area contributed by atoms with Gasteiger partial charge in [0.15, 0.2) is 5.82 Å². The highest BCUT2D eigenvalue weighted by Gasteiger charge is 2.44. The van der Waals surface area contributed by atoms with Gasteiger partial charge in [0.1, 0.15) is 0 Å². The van der Waals surface area contributed by atoms with Crippen molar-refractivity contribution in [2.75, 3.05) is 0 Å². The van der Waals surface area contributed by atoms with E-state index in [1.54, 1.807) is 0 Å². The van der Waals surface area contributed by atoms with Crippen molar-refractivity contribution in [3.8, 4) is 67.3 Å². The van der Waals surface area contributed by atoms with Crippen molar-refractivity contribution < 1.29 is 0 Å². The minimum absolute atomic E-state index is 0.0843. The van der Waals surface area contributed by atoms with E-state index in [-0.39, 0.29) is 5.41 Å². The van der Waals surface area contributed by atoms with E-state index in [1.165, 1.54) is 87.4 Å². The van der Waals surface area contributed by atoms with Crippen molar-refractivity contribution in [3.05, 3.63) is 181 Å². The van der Waals surface area contributed by atoms with Crippen LogP contribution in [0.3, 0.4) is 0 Å². The molecule has 0 radical (unpaired) electrons. The van der Waals surface area contributed by atoms with Crippen LogP contribution >= 0.6 is 0 Å². The summed E-state index contributed by atoms with van der Waals surface area (Å²) in [5.74, 6) is 0.726. The Labute approximate surface area is 305 Å². The summed E-state index contributed by atoms with van der Waals surface area (Å²) in [5.41, 5.74) is 15.8. The molecule has 1 heterocycles. The summed E-state index contributed by atoms with van der Waals surface area (Å²) >= 11 is 0. The molecular weight excluding hydrogens is 629 g/mol. The smallest absolute Gasteiger partial charge is 0.160 e. The van der Waals surface area contributed by atoms with Crippen molar-refractivity contribution in [1.29, 1.82) is 0 Å². The largest absolute Gasteiger partial charge is 0.228 e. The van der Waals surface area contributed by atoms with Crippen molar-refractivity contribution >= 4 is 10.8 Å². The first-order valence-corrected chi connectivity index (χ1v) is 18.6. The summed E-state index contributed by atoms with van der Waals surface area (Å²) in [5, 5.41) is 2.65. The number of rotatable bonds is 5. The van der Waals surface area contributed by atoms with Crippen LogP contribution in [0.4, 0.5) is 0 Å². The Balaban J connectivity index is 1.13. The maximum absolute atomic E-state index is 5.21. The topological polar surface area (TPSA) is 25.8 Å². The second kappa shape index (κ2) is 12.6. The van der Waals surface area contributed by atoms with E-state index >= 15 is 0 Å². The van der Waals surface area contributed by atoms with Gasteiger partial charge in [-0.2, -0.15) is 0 Å². The number of hydrogen-bond donors (Lipinski definition) is 0. The van der Waals surface area contributed by atoms with E-state index in [1.807, 2.05) is 6.07 Å². The summed E-state index contributed by atoms with van der Waals surface area (Å²) in [6.45, 7) is 0. The fourth-order valence-corrected chi connectivity index (χ4v) is 8.96. The highest BCUT2D eigenvalue weighted by atomic mass is 14.9. The lowest BCUT2D eigenvalue weighted by Gasteiger charge is -2.36. The SMILES string of the molecule is c1ccc(-c2cccc(-c3cc(-c4cccc(-c5cccc6c5-c5cc7ccccc7cc5C65CCCCC5)c4)nc(-c4ccccc4)n3)c2)cc1. The molecule has 1 saturated carbocycles. The van der Waals surface area contributed by atoms with Gasteiger partial charge >= 0.3 is 0 Å². The van der Waals surface area contributed by atoms with E-state index < -0.39 is 0 Å². The van der Waals surface area contributed by atoms with Gasteiger partial charge in [-0.15, -0.1) is 0 Å². The number of fused-ring (bicyclic) bond motifs is 6. The number of aromatic nitrogens is 2. The number of benzene rings is 7. The first kappa shape index (κ1) is 30.7. The van der Waals surface area contributed by atoms with Gasteiger partial charge in [0.2, 0.25) is 0 Å². The third-order valence-electron chi connectivity index (χ3n) is 11.5. The number of hydrogen-bond acceptors (Lipinski definition) is 2. The van der Waals surface area contributed by atoms with Crippen LogP contribution in [0.25, 0.3) is 78.1 Å². The van der Waals surface area contributed by atoms with Crippen molar-refractivity contribution in [2.24, 2.45) is 0 Å². The van der Waals surface area contributed by atoms with Gasteiger partial charge in [-0.05, 0) is 98.5 Å². The van der Waals surface area contributed by atoms with Gasteiger partial charge < -0.3 is 0 Å². The van der Waals surface area contributed by atoms with E-state index in [0.29, 0.717) is 0 Å². The second-order valence-electron chi connectivity index (χ2n) is 14.5.